The fourth-order valence-electron chi connectivity index (χ4n) is 1.92. The number of hydrogen-bond donors (Lipinski definition) is 2. The van der Waals surface area contributed by atoms with Gasteiger partial charge in [0.25, 0.3) is 0 Å². The van der Waals surface area contributed by atoms with Crippen LogP contribution in [0.25, 0.3) is 0 Å². The molecule has 2 atom stereocenters. The molecule has 1 aliphatic heterocycles. The summed E-state index contributed by atoms with van der Waals surface area (Å²) in [6, 6.07) is -1.61. The third-order valence-electron chi connectivity index (χ3n) is 2.77. The second kappa shape index (κ2) is 5.71. The van der Waals surface area contributed by atoms with Crippen LogP contribution in [0.4, 0.5) is 13.2 Å². The quantitative estimate of drug-likeness (QED) is 0.804. The minimum absolute atomic E-state index is 0.0239. The Balaban J connectivity index is 2.30. The molecule has 0 bridgehead atoms. The highest BCUT2D eigenvalue weighted by Crippen LogP contribution is 2.26. The molecule has 0 aliphatic carbocycles. The minimum atomic E-state index is -4.19. The maximum atomic E-state index is 12.4. The standard InChI is InChI=1S/C11H19F3N2O/c1-7(2)5-10(17)16-8-3-4-9(15-6-8)11(12,13)14/h7-9,15H,3-6H2,1-2H3,(H,16,17). The molecule has 0 saturated carbocycles. The summed E-state index contributed by atoms with van der Waals surface area (Å²) in [6.45, 7) is 4.05. The van der Waals surface area contributed by atoms with Crippen LogP contribution >= 0.6 is 0 Å². The Labute approximate surface area is 99.1 Å². The van der Waals surface area contributed by atoms with Gasteiger partial charge in [0.1, 0.15) is 6.04 Å². The molecule has 6 heteroatoms. The maximum Gasteiger partial charge on any atom is 0.403 e. The molecule has 1 aliphatic rings. The van der Waals surface area contributed by atoms with Gasteiger partial charge in [0.2, 0.25) is 5.91 Å². The third kappa shape index (κ3) is 4.93. The molecule has 0 aromatic heterocycles. The zero-order valence-corrected chi connectivity index (χ0v) is 10.1. The van der Waals surface area contributed by atoms with Crippen molar-refractivity contribution in [3.8, 4) is 0 Å². The van der Waals surface area contributed by atoms with Crippen molar-refractivity contribution in [1.82, 2.24) is 10.6 Å². The Hall–Kier alpha value is -0.780. The summed E-state index contributed by atoms with van der Waals surface area (Å²) in [5, 5.41) is 5.18. The van der Waals surface area contributed by atoms with Crippen LogP contribution in [-0.2, 0) is 4.79 Å². The molecule has 0 radical (unpaired) electrons. The summed E-state index contributed by atoms with van der Waals surface area (Å²) in [7, 11) is 0. The Morgan fingerprint density at radius 3 is 2.47 bits per heavy atom. The summed E-state index contributed by atoms with van der Waals surface area (Å²) in [5.74, 6) is 0.173. The molecule has 1 amide bonds. The van der Waals surface area contributed by atoms with E-state index in [1.807, 2.05) is 13.8 Å². The van der Waals surface area contributed by atoms with E-state index in [0.717, 1.165) is 0 Å². The van der Waals surface area contributed by atoms with E-state index in [0.29, 0.717) is 12.8 Å². The summed E-state index contributed by atoms with van der Waals surface area (Å²) >= 11 is 0. The van der Waals surface area contributed by atoms with Crippen LogP contribution in [0.5, 0.6) is 0 Å². The van der Waals surface area contributed by atoms with E-state index in [9.17, 15) is 18.0 Å². The van der Waals surface area contributed by atoms with Gasteiger partial charge in [0, 0.05) is 19.0 Å². The molecule has 1 fully saturated rings. The number of rotatable bonds is 3. The summed E-state index contributed by atoms with van der Waals surface area (Å²) in [6.07, 6.45) is -3.37. The fraction of sp³-hybridized carbons (Fsp3) is 0.909. The van der Waals surface area contributed by atoms with Gasteiger partial charge >= 0.3 is 6.18 Å². The van der Waals surface area contributed by atoms with Crippen molar-refractivity contribution >= 4 is 5.91 Å². The van der Waals surface area contributed by atoms with Gasteiger partial charge in [-0.15, -0.1) is 0 Å². The molecule has 0 spiro atoms. The average Bonchev–Trinajstić information content (AvgIpc) is 2.15. The molecule has 1 rings (SSSR count). The maximum absolute atomic E-state index is 12.4. The lowest BCUT2D eigenvalue weighted by molar-refractivity contribution is -0.161. The Morgan fingerprint density at radius 2 is 2.06 bits per heavy atom. The van der Waals surface area contributed by atoms with Crippen LogP contribution in [0.2, 0.25) is 0 Å². The monoisotopic (exact) mass is 252 g/mol. The molecule has 100 valence electrons. The second-order valence-corrected chi connectivity index (χ2v) is 4.94. The predicted octanol–water partition coefficient (Wildman–Crippen LogP) is 1.83. The third-order valence-corrected chi connectivity index (χ3v) is 2.77. The van der Waals surface area contributed by atoms with Crippen LogP contribution < -0.4 is 10.6 Å². The molecule has 2 N–H and O–H groups in total. The van der Waals surface area contributed by atoms with Crippen LogP contribution in [0.1, 0.15) is 33.1 Å². The topological polar surface area (TPSA) is 41.1 Å². The number of carbonyl (C=O) groups is 1. The first-order valence-corrected chi connectivity index (χ1v) is 5.88. The highest BCUT2D eigenvalue weighted by Gasteiger charge is 2.41. The first-order chi connectivity index (χ1) is 7.79. The predicted molar refractivity (Wildman–Crippen MR) is 58.5 cm³/mol. The lowest BCUT2D eigenvalue weighted by atomic mass is 10.00. The first-order valence-electron chi connectivity index (χ1n) is 5.88. The lowest BCUT2D eigenvalue weighted by Gasteiger charge is -2.31. The summed E-state index contributed by atoms with van der Waals surface area (Å²) in [5.41, 5.74) is 0. The van der Waals surface area contributed by atoms with Crippen LogP contribution in [0.15, 0.2) is 0 Å². The Bertz CT molecular complexity index is 258. The van der Waals surface area contributed by atoms with Crippen molar-refractivity contribution in [2.24, 2.45) is 5.92 Å². The zero-order valence-electron chi connectivity index (χ0n) is 10.1. The number of carbonyl (C=O) groups excluding carboxylic acids is 1. The van der Waals surface area contributed by atoms with Crippen LogP contribution in [0, 0.1) is 5.92 Å². The van der Waals surface area contributed by atoms with E-state index >= 15 is 0 Å². The van der Waals surface area contributed by atoms with E-state index in [4.69, 9.17) is 0 Å². The Kier molecular flexibility index (Phi) is 4.80. The molecule has 2 unspecified atom stereocenters. The van der Waals surface area contributed by atoms with Gasteiger partial charge in [-0.2, -0.15) is 13.2 Å². The van der Waals surface area contributed by atoms with Gasteiger partial charge in [0.15, 0.2) is 0 Å². The van der Waals surface area contributed by atoms with Crippen LogP contribution in [-0.4, -0.2) is 30.7 Å². The first kappa shape index (κ1) is 14.3. The lowest BCUT2D eigenvalue weighted by Crippen LogP contribution is -2.54. The van der Waals surface area contributed by atoms with E-state index in [1.165, 1.54) is 0 Å². The molecule has 17 heavy (non-hydrogen) atoms. The largest absolute Gasteiger partial charge is 0.403 e. The van der Waals surface area contributed by atoms with Gasteiger partial charge in [-0.3, -0.25) is 4.79 Å². The zero-order chi connectivity index (χ0) is 13.1. The van der Waals surface area contributed by atoms with Crippen molar-refractivity contribution in [3.63, 3.8) is 0 Å². The molecule has 3 nitrogen and oxygen atoms in total. The van der Waals surface area contributed by atoms with E-state index < -0.39 is 12.2 Å². The highest BCUT2D eigenvalue weighted by molar-refractivity contribution is 5.76. The van der Waals surface area contributed by atoms with Gasteiger partial charge in [-0.05, 0) is 18.8 Å². The molecule has 0 aromatic carbocycles. The minimum Gasteiger partial charge on any atom is -0.352 e. The van der Waals surface area contributed by atoms with E-state index in [-0.39, 0.29) is 30.8 Å². The van der Waals surface area contributed by atoms with Gasteiger partial charge in [-0.1, -0.05) is 13.8 Å². The number of alkyl halides is 3. The highest BCUT2D eigenvalue weighted by atomic mass is 19.4. The van der Waals surface area contributed by atoms with Crippen molar-refractivity contribution < 1.29 is 18.0 Å². The normalized spacial score (nSPS) is 26.0. The summed E-state index contributed by atoms with van der Waals surface area (Å²) < 4.78 is 37.1. The smallest absolute Gasteiger partial charge is 0.352 e. The van der Waals surface area contributed by atoms with Gasteiger partial charge in [0.05, 0.1) is 0 Å². The molecule has 0 aromatic rings. The molecular weight excluding hydrogens is 233 g/mol. The number of piperidine rings is 1. The molecule has 1 saturated heterocycles. The summed E-state index contributed by atoms with van der Waals surface area (Å²) in [4.78, 5) is 11.4. The average molecular weight is 252 g/mol. The second-order valence-electron chi connectivity index (χ2n) is 4.94. The molecule has 1 heterocycles. The molecular formula is C11H19F3N2O. The van der Waals surface area contributed by atoms with Gasteiger partial charge in [-0.25, -0.2) is 0 Å². The van der Waals surface area contributed by atoms with E-state index in [2.05, 4.69) is 10.6 Å². The number of hydrogen-bond acceptors (Lipinski definition) is 2. The van der Waals surface area contributed by atoms with E-state index in [1.54, 1.807) is 0 Å². The SMILES string of the molecule is CC(C)CC(=O)NC1CCC(C(F)(F)F)NC1. The van der Waals surface area contributed by atoms with Crippen molar-refractivity contribution in [1.29, 1.82) is 0 Å². The van der Waals surface area contributed by atoms with Crippen LogP contribution in [0.3, 0.4) is 0 Å². The Morgan fingerprint density at radius 1 is 1.41 bits per heavy atom. The van der Waals surface area contributed by atoms with Crippen molar-refractivity contribution in [2.45, 2.75) is 51.4 Å². The van der Waals surface area contributed by atoms with Gasteiger partial charge < -0.3 is 10.6 Å². The fourth-order valence-corrected chi connectivity index (χ4v) is 1.92. The number of halogens is 3. The number of nitrogens with one attached hydrogen (secondary N) is 2. The number of amides is 1. The van der Waals surface area contributed by atoms with Crippen molar-refractivity contribution in [3.05, 3.63) is 0 Å². The van der Waals surface area contributed by atoms with Crippen molar-refractivity contribution in [2.75, 3.05) is 6.54 Å².